The first-order valence-electron chi connectivity index (χ1n) is 0.612. The Kier molecular flexibility index (Phi) is 7.99. The monoisotopic (exact) mass is 196 g/mol. The molecule has 0 amide bonds. The van der Waals surface area contributed by atoms with E-state index in [1.165, 1.54) is 0 Å². The Labute approximate surface area is 47.5 Å². The van der Waals surface area contributed by atoms with Crippen molar-refractivity contribution in [2.45, 2.75) is 0 Å². The average molecular weight is 195 g/mol. The molecule has 0 fully saturated rings. The molecule has 0 rings (SSSR count). The third-order valence-electron chi connectivity index (χ3n) is 0. The van der Waals surface area contributed by atoms with Gasteiger partial charge in [-0.25, -0.2) is 0 Å². The molecule has 0 spiro atoms. The van der Waals surface area contributed by atoms with Crippen molar-refractivity contribution in [3.8, 4) is 0 Å². The van der Waals surface area contributed by atoms with E-state index < -0.39 is 9.17 Å². The number of hydrogen-bond donors (Lipinski definition) is 0. The van der Waals surface area contributed by atoms with Gasteiger partial charge in [-0.3, -0.25) is 0 Å². The second-order valence-corrected chi connectivity index (χ2v) is 0.750. The molecule has 0 aromatic heterocycles. The molecule has 26 valence electrons. The molecule has 0 heterocycles. The van der Waals surface area contributed by atoms with Crippen LogP contribution in [0.2, 0.25) is 0 Å². The summed E-state index contributed by atoms with van der Waals surface area (Å²) in [5.74, 6) is 0. The molecule has 0 atom stereocenters. The number of hydrogen-bond acceptors (Lipinski definition) is 3. The Bertz CT molecular complexity index is 29.9. The van der Waals surface area contributed by atoms with Gasteiger partial charge in [-0.05, 0) is 0 Å². The van der Waals surface area contributed by atoms with E-state index in [0.717, 1.165) is 0 Å². The summed E-state index contributed by atoms with van der Waals surface area (Å²) in [5.41, 5.74) is 0. The summed E-state index contributed by atoms with van der Waals surface area (Å²) in [5, 5.41) is 0. The van der Waals surface area contributed by atoms with Crippen molar-refractivity contribution in [2.24, 2.45) is 0 Å². The van der Waals surface area contributed by atoms with Crippen LogP contribution >= 0.6 is 0 Å². The molecule has 0 aliphatic rings. The molecule has 2 radical (unpaired) electrons. The molecule has 0 unspecified atom stereocenters. The van der Waals surface area contributed by atoms with Crippen LogP contribution in [0.15, 0.2) is 0 Å². The molecule has 0 aliphatic heterocycles. The van der Waals surface area contributed by atoms with E-state index in [0.29, 0.717) is 0 Å². The van der Waals surface area contributed by atoms with Crippen molar-refractivity contribution in [3.05, 3.63) is 0 Å². The second-order valence-electron chi connectivity index (χ2n) is 0.250. The minimum absolute atomic E-state index is 0. The van der Waals surface area contributed by atoms with E-state index >= 15 is 0 Å². The van der Waals surface area contributed by atoms with Crippen molar-refractivity contribution in [1.29, 1.82) is 0 Å². The van der Waals surface area contributed by atoms with Crippen LogP contribution in [0.4, 0.5) is 0 Å². The number of rotatable bonds is 0. The quantitative estimate of drug-likeness (QED) is 0.381. The van der Waals surface area contributed by atoms with E-state index in [2.05, 4.69) is 0 Å². The maximum Gasteiger partial charge on any atom is 2.00 e. The van der Waals surface area contributed by atoms with Crippen LogP contribution in [0.5, 0.6) is 0 Å². The van der Waals surface area contributed by atoms with Crippen molar-refractivity contribution < 1.29 is 14.1 Å². The first kappa shape index (κ1) is 9.05. The molecule has 0 bridgehead atoms. The minimum Gasteiger partial charge on any atom is -0.672 e. The summed E-state index contributed by atoms with van der Waals surface area (Å²) in [4.78, 5) is 17.0. The zero-order valence-corrected chi connectivity index (χ0v) is 6.08. The van der Waals surface area contributed by atoms with E-state index in [9.17, 15) is 0 Å². The summed E-state index contributed by atoms with van der Waals surface area (Å²) in [6, 6.07) is 0. The molecule has 5 heavy (non-hydrogen) atoms. The fourth-order valence-corrected chi connectivity index (χ4v) is 0. The molecule has 0 aliphatic carbocycles. The van der Waals surface area contributed by atoms with Gasteiger partial charge in [0.15, 0.2) is 0 Å². The van der Waals surface area contributed by atoms with Gasteiger partial charge in [0.25, 0.3) is 0 Å². The molecule has 0 aromatic rings. The van der Waals surface area contributed by atoms with Gasteiger partial charge in [0.1, 0.15) is 0 Å². The fraction of sp³-hybridized carbons (Fsp3) is 0. The van der Waals surface area contributed by atoms with Crippen LogP contribution in [0.3, 0.4) is 0 Å². The molecular weight excluding hydrogens is 195 g/mol. The predicted molar refractivity (Wildman–Crippen MR) is 12.2 cm³/mol. The van der Waals surface area contributed by atoms with Crippen molar-refractivity contribution in [2.75, 3.05) is 0 Å². The zero-order valence-electron chi connectivity index (χ0n) is 2.22. The van der Waals surface area contributed by atoms with Crippen LogP contribution < -0.4 is 9.59 Å². The molecule has 3 nitrogen and oxygen atoms in total. The summed E-state index contributed by atoms with van der Waals surface area (Å²) >= 11 is 0. The van der Waals surface area contributed by atoms with Gasteiger partial charge >= 0.3 is 23.9 Å². The summed E-state index contributed by atoms with van der Waals surface area (Å²) in [7, 11) is -3.63. The Hall–Kier alpha value is 0.416. The van der Waals surface area contributed by atoms with Gasteiger partial charge in [0.2, 0.25) is 0 Å². The Morgan fingerprint density at radius 3 is 1.40 bits per heavy atom. The first-order chi connectivity index (χ1) is 1.73. The topological polar surface area (TPSA) is 63.2 Å². The third-order valence-corrected chi connectivity index (χ3v) is 0. The third kappa shape index (κ3) is 149. The molecular formula is O3SiSn. The maximum atomic E-state index is 8.52. The summed E-state index contributed by atoms with van der Waals surface area (Å²) in [6.07, 6.45) is 0. The molecule has 0 N–H and O–H groups in total. The van der Waals surface area contributed by atoms with Gasteiger partial charge in [-0.1, -0.05) is 0 Å². The largest absolute Gasteiger partial charge is 2.00 e. The van der Waals surface area contributed by atoms with Gasteiger partial charge in [-0.15, -0.1) is 0 Å². The minimum atomic E-state index is -3.63. The summed E-state index contributed by atoms with van der Waals surface area (Å²) in [6.45, 7) is 0. The normalized spacial score (nSPS) is 4.80. The van der Waals surface area contributed by atoms with Gasteiger partial charge < -0.3 is 14.1 Å². The Morgan fingerprint density at radius 1 is 1.40 bits per heavy atom. The second kappa shape index (κ2) is 4.42. The fourth-order valence-electron chi connectivity index (χ4n) is 0. The van der Waals surface area contributed by atoms with Crippen LogP contribution in [0.25, 0.3) is 0 Å². The van der Waals surface area contributed by atoms with Crippen LogP contribution in [0, 0.1) is 0 Å². The smallest absolute Gasteiger partial charge is 0.672 e. The van der Waals surface area contributed by atoms with E-state index in [1.807, 2.05) is 0 Å². The maximum absolute atomic E-state index is 8.52. The van der Waals surface area contributed by atoms with E-state index in [4.69, 9.17) is 14.1 Å². The average Bonchev–Trinajstić information content (AvgIpc) is 0.811. The van der Waals surface area contributed by atoms with Crippen LogP contribution in [-0.4, -0.2) is 33.1 Å². The standard InChI is InChI=1S/O3Si.Sn/c1-4(2)3;/q-2;+2. The molecule has 5 heteroatoms. The van der Waals surface area contributed by atoms with Gasteiger partial charge in [0, 0.05) is 9.17 Å². The Balaban J connectivity index is 0. The van der Waals surface area contributed by atoms with E-state index in [-0.39, 0.29) is 23.9 Å². The van der Waals surface area contributed by atoms with Gasteiger partial charge in [-0.2, -0.15) is 0 Å². The molecule has 0 saturated carbocycles. The van der Waals surface area contributed by atoms with E-state index in [1.54, 1.807) is 0 Å². The van der Waals surface area contributed by atoms with Crippen LogP contribution in [-0.2, 0) is 4.46 Å². The van der Waals surface area contributed by atoms with Crippen molar-refractivity contribution in [1.82, 2.24) is 0 Å². The first-order valence-corrected chi connectivity index (χ1v) is 1.84. The van der Waals surface area contributed by atoms with Gasteiger partial charge in [0.05, 0.1) is 0 Å². The summed E-state index contributed by atoms with van der Waals surface area (Å²) < 4.78 is 8.52. The molecule has 0 saturated heterocycles. The predicted octanol–water partition coefficient (Wildman–Crippen LogP) is -3.26. The zero-order chi connectivity index (χ0) is 3.58. The molecule has 0 aromatic carbocycles. The van der Waals surface area contributed by atoms with Crippen molar-refractivity contribution in [3.63, 3.8) is 0 Å². The van der Waals surface area contributed by atoms with Crippen LogP contribution in [0.1, 0.15) is 0 Å². The van der Waals surface area contributed by atoms with Crippen molar-refractivity contribution >= 4 is 33.1 Å². The Morgan fingerprint density at radius 2 is 1.40 bits per heavy atom. The SMILES string of the molecule is O=[Si]([O-])[O-].[Sn+2].